The molecule has 9 heavy (non-hydrogen) atoms. The molecular formula is C5H12Cl2N2. The molecule has 3 N–H and O–H groups in total. The molecule has 0 bridgehead atoms. The average Bonchev–Trinajstić information content (AvgIpc) is 1.84. The molecule has 2 nitrogen and oxygen atoms in total. The first-order valence-corrected chi connectivity index (χ1v) is 3.71. The van der Waals surface area contributed by atoms with Gasteiger partial charge in [0.05, 0.1) is 0 Å². The fraction of sp³-hybridized carbons (Fsp3) is 1.00. The molecule has 0 atom stereocenters. The van der Waals surface area contributed by atoms with Crippen molar-refractivity contribution in [1.29, 1.82) is 0 Å². The van der Waals surface area contributed by atoms with Gasteiger partial charge in [0.25, 0.3) is 0 Å². The molecule has 0 aliphatic rings. The molecule has 0 heterocycles. The van der Waals surface area contributed by atoms with Crippen molar-refractivity contribution >= 4 is 23.2 Å². The fourth-order valence-corrected chi connectivity index (χ4v) is 0.569. The van der Waals surface area contributed by atoms with Gasteiger partial charge in [-0.3, -0.25) is 5.32 Å². The van der Waals surface area contributed by atoms with Crippen molar-refractivity contribution in [3.05, 3.63) is 0 Å². The summed E-state index contributed by atoms with van der Waals surface area (Å²) in [6.07, 6.45) is 1.00. The Bertz CT molecular complexity index is 75.4. The van der Waals surface area contributed by atoms with Crippen LogP contribution < -0.4 is 11.1 Å². The van der Waals surface area contributed by atoms with Crippen molar-refractivity contribution in [2.45, 2.75) is 17.8 Å². The zero-order valence-electron chi connectivity index (χ0n) is 5.45. The summed E-state index contributed by atoms with van der Waals surface area (Å²) in [5.74, 6) is 0. The van der Waals surface area contributed by atoms with Gasteiger partial charge in [0, 0.05) is 6.54 Å². The second-order valence-corrected chi connectivity index (χ2v) is 3.32. The average molecular weight is 171 g/mol. The van der Waals surface area contributed by atoms with Gasteiger partial charge in [0.15, 0.2) is 4.46 Å². The van der Waals surface area contributed by atoms with Crippen molar-refractivity contribution in [2.24, 2.45) is 5.73 Å². The van der Waals surface area contributed by atoms with Gasteiger partial charge in [-0.2, -0.15) is 0 Å². The molecular weight excluding hydrogens is 159 g/mol. The predicted molar refractivity (Wildman–Crippen MR) is 41.8 cm³/mol. The number of hydrogen-bond acceptors (Lipinski definition) is 2. The predicted octanol–water partition coefficient (Wildman–Crippen LogP) is 1.08. The Morgan fingerprint density at radius 1 is 1.56 bits per heavy atom. The van der Waals surface area contributed by atoms with Crippen molar-refractivity contribution in [2.75, 3.05) is 13.1 Å². The van der Waals surface area contributed by atoms with Gasteiger partial charge in [0.1, 0.15) is 0 Å². The van der Waals surface area contributed by atoms with E-state index in [0.29, 0.717) is 0 Å². The normalized spacial score (nSPS) is 12.0. The molecule has 0 saturated carbocycles. The standard InChI is InChI=1S/C5H12Cl2N2/c1-2-3-9-5(6,7)4-8/h9H,2-4,8H2,1H3. The van der Waals surface area contributed by atoms with Crippen molar-refractivity contribution in [3.8, 4) is 0 Å². The van der Waals surface area contributed by atoms with Crippen LogP contribution in [0.4, 0.5) is 0 Å². The summed E-state index contributed by atoms with van der Waals surface area (Å²) in [5, 5.41) is 2.86. The summed E-state index contributed by atoms with van der Waals surface area (Å²) >= 11 is 11.3. The van der Waals surface area contributed by atoms with E-state index in [0.717, 1.165) is 13.0 Å². The topological polar surface area (TPSA) is 38.0 Å². The minimum absolute atomic E-state index is 0.232. The van der Waals surface area contributed by atoms with E-state index >= 15 is 0 Å². The van der Waals surface area contributed by atoms with Crippen LogP contribution in [0, 0.1) is 0 Å². The Balaban J connectivity index is 3.33. The first-order chi connectivity index (χ1) is 4.12. The largest absolute Gasteiger partial charge is 0.327 e. The van der Waals surface area contributed by atoms with E-state index in [2.05, 4.69) is 5.32 Å². The lowest BCUT2D eigenvalue weighted by Crippen LogP contribution is -2.41. The van der Waals surface area contributed by atoms with Gasteiger partial charge >= 0.3 is 0 Å². The molecule has 4 heteroatoms. The molecule has 0 aromatic carbocycles. The van der Waals surface area contributed by atoms with Gasteiger partial charge in [-0.15, -0.1) is 0 Å². The maximum atomic E-state index is 5.63. The number of hydrogen-bond donors (Lipinski definition) is 2. The third-order valence-corrected chi connectivity index (χ3v) is 1.47. The van der Waals surface area contributed by atoms with Crippen molar-refractivity contribution in [1.82, 2.24) is 5.32 Å². The SMILES string of the molecule is CCCNC(Cl)(Cl)CN. The van der Waals surface area contributed by atoms with Crippen LogP contribution in [0.1, 0.15) is 13.3 Å². The minimum Gasteiger partial charge on any atom is -0.327 e. The molecule has 0 aromatic rings. The summed E-state index contributed by atoms with van der Waals surface area (Å²) in [6, 6.07) is 0. The van der Waals surface area contributed by atoms with E-state index < -0.39 is 4.46 Å². The first-order valence-electron chi connectivity index (χ1n) is 2.95. The summed E-state index contributed by atoms with van der Waals surface area (Å²) in [6.45, 7) is 3.06. The van der Waals surface area contributed by atoms with Gasteiger partial charge in [-0.25, -0.2) is 0 Å². The zero-order chi connectivity index (χ0) is 7.33. The van der Waals surface area contributed by atoms with E-state index in [1.165, 1.54) is 0 Å². The zero-order valence-corrected chi connectivity index (χ0v) is 6.97. The molecule has 0 rings (SSSR count). The third-order valence-electron chi connectivity index (χ3n) is 0.890. The molecule has 0 aliphatic carbocycles. The van der Waals surface area contributed by atoms with Gasteiger partial charge in [-0.1, -0.05) is 30.1 Å². The Morgan fingerprint density at radius 3 is 2.44 bits per heavy atom. The molecule has 0 fully saturated rings. The summed E-state index contributed by atoms with van der Waals surface area (Å²) in [5.41, 5.74) is 5.22. The second-order valence-electron chi connectivity index (χ2n) is 1.84. The number of rotatable bonds is 4. The molecule has 0 saturated heterocycles. The van der Waals surface area contributed by atoms with Crippen LogP contribution in [0.2, 0.25) is 0 Å². The lowest BCUT2D eigenvalue weighted by Gasteiger charge is -2.17. The number of alkyl halides is 2. The highest BCUT2D eigenvalue weighted by Crippen LogP contribution is 2.13. The quantitative estimate of drug-likeness (QED) is 0.490. The van der Waals surface area contributed by atoms with Crippen LogP contribution in [0.5, 0.6) is 0 Å². The van der Waals surface area contributed by atoms with Gasteiger partial charge in [-0.05, 0) is 13.0 Å². The van der Waals surface area contributed by atoms with E-state index in [-0.39, 0.29) is 6.54 Å². The van der Waals surface area contributed by atoms with Gasteiger partial charge < -0.3 is 5.73 Å². The lowest BCUT2D eigenvalue weighted by molar-refractivity contribution is 0.591. The highest BCUT2D eigenvalue weighted by Gasteiger charge is 2.18. The fourth-order valence-electron chi connectivity index (χ4n) is 0.380. The maximum Gasteiger partial charge on any atom is 0.181 e. The molecule has 56 valence electrons. The minimum atomic E-state index is -0.935. The monoisotopic (exact) mass is 170 g/mol. The summed E-state index contributed by atoms with van der Waals surface area (Å²) in [4.78, 5) is 0. The number of nitrogens with two attached hydrogens (primary N) is 1. The third kappa shape index (κ3) is 4.97. The molecule has 0 unspecified atom stereocenters. The number of halogens is 2. The van der Waals surface area contributed by atoms with Gasteiger partial charge in [0.2, 0.25) is 0 Å². The van der Waals surface area contributed by atoms with Crippen LogP contribution in [-0.2, 0) is 0 Å². The van der Waals surface area contributed by atoms with Crippen LogP contribution in [0.15, 0.2) is 0 Å². The smallest absolute Gasteiger partial charge is 0.181 e. The highest BCUT2D eigenvalue weighted by atomic mass is 35.5. The maximum absolute atomic E-state index is 5.63. The Morgan fingerprint density at radius 2 is 2.11 bits per heavy atom. The Labute approximate surface area is 65.7 Å². The van der Waals surface area contributed by atoms with E-state index in [9.17, 15) is 0 Å². The van der Waals surface area contributed by atoms with Crippen molar-refractivity contribution < 1.29 is 0 Å². The molecule has 0 spiro atoms. The van der Waals surface area contributed by atoms with Crippen LogP contribution in [-0.4, -0.2) is 17.5 Å². The highest BCUT2D eigenvalue weighted by molar-refractivity contribution is 6.48. The van der Waals surface area contributed by atoms with E-state index in [1.54, 1.807) is 0 Å². The molecule has 0 radical (unpaired) electrons. The molecule has 0 aromatic heterocycles. The summed E-state index contributed by atoms with van der Waals surface area (Å²) in [7, 11) is 0. The van der Waals surface area contributed by atoms with Crippen molar-refractivity contribution in [3.63, 3.8) is 0 Å². The van der Waals surface area contributed by atoms with E-state index in [4.69, 9.17) is 28.9 Å². The first kappa shape index (κ1) is 9.50. The van der Waals surface area contributed by atoms with Crippen LogP contribution >= 0.6 is 23.2 Å². The Hall–Kier alpha value is 0.500. The van der Waals surface area contributed by atoms with Crippen LogP contribution in [0.25, 0.3) is 0 Å². The van der Waals surface area contributed by atoms with E-state index in [1.807, 2.05) is 6.92 Å². The second kappa shape index (κ2) is 4.34. The summed E-state index contributed by atoms with van der Waals surface area (Å²) < 4.78 is -0.935. The van der Waals surface area contributed by atoms with Crippen LogP contribution in [0.3, 0.4) is 0 Å². The molecule has 0 aliphatic heterocycles. The Kier molecular flexibility index (Phi) is 4.58. The number of nitrogens with one attached hydrogen (secondary N) is 1. The molecule has 0 amide bonds. The lowest BCUT2D eigenvalue weighted by atomic mass is 10.5.